The Morgan fingerprint density at radius 2 is 0.640 bits per heavy atom. The number of rotatable bonds is 3. The van der Waals surface area contributed by atoms with Gasteiger partial charge < -0.3 is 9.13 Å². The number of hydrogen-bond donors (Lipinski definition) is 0. The van der Waals surface area contributed by atoms with Crippen LogP contribution in [0.25, 0.3) is 89.2 Å². The van der Waals surface area contributed by atoms with Crippen LogP contribution in [-0.4, -0.2) is 30.8 Å². The first kappa shape index (κ1) is 49.1. The van der Waals surface area contributed by atoms with Crippen molar-refractivity contribution < 1.29 is 0 Å². The normalized spacial score (nSPS) is 14.0. The second kappa shape index (κ2) is 15.9. The SMILES string of the molecule is CC(C)(C)c1cc(-c2nc(-c3cc(C(C)(C)C)cc(C(C)(C)C)c3)nc(-c3cc4c5c(c3)-n3c6ccc(C(C)(C)C)cc6c6cccc(c63)B5c3cccc5c6cc(C(C)(C)C)ccc6n-4c35)n2)cc(C(C)(C)C)c1. The Bertz CT molecular complexity index is 3740. The lowest BCUT2D eigenvalue weighted by Gasteiger charge is -2.34. The van der Waals surface area contributed by atoms with Gasteiger partial charge in [-0.25, -0.2) is 15.0 Å². The fourth-order valence-corrected chi connectivity index (χ4v) is 12.0. The highest BCUT2D eigenvalue weighted by Crippen LogP contribution is 2.44. The van der Waals surface area contributed by atoms with Crippen LogP contribution >= 0.6 is 0 Å². The molecule has 2 aliphatic heterocycles. The molecule has 2 aliphatic rings. The Morgan fingerprint density at radius 3 is 0.960 bits per heavy atom. The molecule has 10 aromatic rings. The van der Waals surface area contributed by atoms with Gasteiger partial charge >= 0.3 is 0 Å². The Hall–Kier alpha value is -6.79. The molecule has 7 aromatic carbocycles. The van der Waals surface area contributed by atoms with Gasteiger partial charge in [0.2, 0.25) is 0 Å². The van der Waals surface area contributed by atoms with Crippen molar-refractivity contribution in [2.75, 3.05) is 0 Å². The summed E-state index contributed by atoms with van der Waals surface area (Å²) in [4.78, 5) is 16.9. The second-order valence-electron chi connectivity index (χ2n) is 28.4. The van der Waals surface area contributed by atoms with Crippen LogP contribution in [0.15, 0.2) is 121 Å². The van der Waals surface area contributed by atoms with Crippen LogP contribution in [0.3, 0.4) is 0 Å². The summed E-state index contributed by atoms with van der Waals surface area (Å²) in [5.74, 6) is 2.01. The second-order valence-corrected chi connectivity index (χ2v) is 28.4. The van der Waals surface area contributed by atoms with Crippen LogP contribution in [0.4, 0.5) is 0 Å². The standard InChI is InChI=1S/C69H74BN5/c1-64(2,3)42-25-27-54-50(37-42)48-21-19-23-52-59(48)74(54)56-33-41(34-57-58(56)70(52)53-24-20-22-49-51-38-43(65(4,5)6)26-28-55(51)75(57)60(49)53)63-72-61(39-29-44(66(7,8)9)35-45(30-39)67(10,11)12)71-62(73-63)40-31-46(68(13,14)15)36-47(32-40)69(16,17)18/h19-38H,1-18H3. The fourth-order valence-electron chi connectivity index (χ4n) is 12.0. The molecule has 0 bridgehead atoms. The summed E-state index contributed by atoms with van der Waals surface area (Å²) in [6, 6.07) is 47.3. The Balaban J connectivity index is 1.23. The zero-order valence-corrected chi connectivity index (χ0v) is 47.9. The van der Waals surface area contributed by atoms with E-state index in [1.807, 2.05) is 0 Å². The summed E-state index contributed by atoms with van der Waals surface area (Å²) in [6.45, 7) is 41.5. The quantitative estimate of drug-likeness (QED) is 0.166. The van der Waals surface area contributed by atoms with E-state index >= 15 is 0 Å². The molecular formula is C69H74BN5. The van der Waals surface area contributed by atoms with Crippen molar-refractivity contribution >= 4 is 66.7 Å². The van der Waals surface area contributed by atoms with Gasteiger partial charge in [-0.05, 0) is 143 Å². The molecule has 0 atom stereocenters. The molecule has 6 heteroatoms. The molecule has 0 radical (unpaired) electrons. The molecule has 75 heavy (non-hydrogen) atoms. The molecule has 0 aliphatic carbocycles. The van der Waals surface area contributed by atoms with E-state index in [1.165, 1.54) is 105 Å². The predicted octanol–water partition coefficient (Wildman–Crippen LogP) is 16.0. The van der Waals surface area contributed by atoms with Gasteiger partial charge in [-0.1, -0.05) is 185 Å². The van der Waals surface area contributed by atoms with Gasteiger partial charge in [0.1, 0.15) is 0 Å². The fraction of sp³-hybridized carbons (Fsp3) is 0.348. The summed E-state index contributed by atoms with van der Waals surface area (Å²) in [5, 5.41) is 5.12. The average molecular weight is 984 g/mol. The number of benzene rings is 7. The van der Waals surface area contributed by atoms with E-state index in [0.29, 0.717) is 17.5 Å². The third-order valence-corrected chi connectivity index (χ3v) is 16.6. The first-order chi connectivity index (χ1) is 34.9. The summed E-state index contributed by atoms with van der Waals surface area (Å²) in [5.41, 5.74) is 21.5. The molecule has 0 fully saturated rings. The van der Waals surface area contributed by atoms with Crippen LogP contribution in [0.2, 0.25) is 0 Å². The monoisotopic (exact) mass is 984 g/mol. The minimum atomic E-state index is -0.0985. The average Bonchev–Trinajstić information content (AvgIpc) is 3.93. The van der Waals surface area contributed by atoms with Gasteiger partial charge in [0, 0.05) is 60.6 Å². The van der Waals surface area contributed by atoms with Gasteiger partial charge in [0.25, 0.3) is 6.71 Å². The molecule has 3 aromatic heterocycles. The Kier molecular flexibility index (Phi) is 10.4. The molecule has 0 saturated heterocycles. The minimum Gasteiger partial charge on any atom is -0.310 e. The highest BCUT2D eigenvalue weighted by Gasteiger charge is 2.42. The number of aromatic nitrogens is 5. The molecule has 0 unspecified atom stereocenters. The summed E-state index contributed by atoms with van der Waals surface area (Å²) >= 11 is 0. The van der Waals surface area contributed by atoms with Gasteiger partial charge in [-0.3, -0.25) is 0 Å². The molecule has 0 N–H and O–H groups in total. The summed E-state index contributed by atoms with van der Waals surface area (Å²) in [6.07, 6.45) is 0. The summed E-state index contributed by atoms with van der Waals surface area (Å²) in [7, 11) is 0. The third kappa shape index (κ3) is 7.82. The van der Waals surface area contributed by atoms with Crippen molar-refractivity contribution in [2.45, 2.75) is 157 Å². The van der Waals surface area contributed by atoms with E-state index in [1.54, 1.807) is 0 Å². The van der Waals surface area contributed by atoms with Crippen molar-refractivity contribution in [1.82, 2.24) is 24.1 Å². The largest absolute Gasteiger partial charge is 0.310 e. The number of fused-ring (bicyclic) bond motifs is 10. The topological polar surface area (TPSA) is 48.5 Å². The van der Waals surface area contributed by atoms with E-state index in [-0.39, 0.29) is 39.2 Å². The predicted molar refractivity (Wildman–Crippen MR) is 322 cm³/mol. The smallest absolute Gasteiger partial charge is 0.252 e. The lowest BCUT2D eigenvalue weighted by Crippen LogP contribution is -2.59. The minimum absolute atomic E-state index is 0.00522. The first-order valence-electron chi connectivity index (χ1n) is 27.4. The molecule has 0 saturated carbocycles. The van der Waals surface area contributed by atoms with Crippen LogP contribution < -0.4 is 16.4 Å². The molecule has 0 spiro atoms. The maximum Gasteiger partial charge on any atom is 0.252 e. The Morgan fingerprint density at radius 1 is 0.320 bits per heavy atom. The molecule has 5 heterocycles. The highest BCUT2D eigenvalue weighted by molar-refractivity contribution is 7.00. The van der Waals surface area contributed by atoms with E-state index < -0.39 is 0 Å². The molecule has 0 amide bonds. The lowest BCUT2D eigenvalue weighted by atomic mass is 9.34. The highest BCUT2D eigenvalue weighted by atomic mass is 15.1. The van der Waals surface area contributed by atoms with Crippen LogP contribution in [0.5, 0.6) is 0 Å². The van der Waals surface area contributed by atoms with Gasteiger partial charge in [0.15, 0.2) is 17.5 Å². The van der Waals surface area contributed by atoms with Crippen molar-refractivity contribution in [3.05, 3.63) is 155 Å². The third-order valence-electron chi connectivity index (χ3n) is 16.6. The number of para-hydroxylation sites is 2. The van der Waals surface area contributed by atoms with E-state index in [9.17, 15) is 0 Å². The molecule has 378 valence electrons. The van der Waals surface area contributed by atoms with Crippen LogP contribution in [0.1, 0.15) is 158 Å². The van der Waals surface area contributed by atoms with Gasteiger partial charge in [-0.15, -0.1) is 0 Å². The van der Waals surface area contributed by atoms with E-state index in [2.05, 4.69) is 255 Å². The Labute approximate surface area is 446 Å². The van der Waals surface area contributed by atoms with Crippen LogP contribution in [-0.2, 0) is 32.5 Å². The van der Waals surface area contributed by atoms with Crippen molar-refractivity contribution in [1.29, 1.82) is 0 Å². The maximum atomic E-state index is 5.67. The first-order valence-corrected chi connectivity index (χ1v) is 27.4. The van der Waals surface area contributed by atoms with Gasteiger partial charge in [0.05, 0.1) is 11.0 Å². The zero-order valence-electron chi connectivity index (χ0n) is 47.9. The number of nitrogens with zero attached hydrogens (tertiary/aromatic N) is 5. The van der Waals surface area contributed by atoms with Crippen molar-refractivity contribution in [2.24, 2.45) is 0 Å². The van der Waals surface area contributed by atoms with Crippen molar-refractivity contribution in [3.8, 4) is 45.5 Å². The number of hydrogen-bond acceptors (Lipinski definition) is 3. The molecule has 5 nitrogen and oxygen atoms in total. The van der Waals surface area contributed by atoms with Gasteiger partial charge in [-0.2, -0.15) is 0 Å². The lowest BCUT2D eigenvalue weighted by molar-refractivity contribution is 0.568. The van der Waals surface area contributed by atoms with E-state index in [0.717, 1.165) is 16.7 Å². The molecular weight excluding hydrogens is 910 g/mol. The molecule has 12 rings (SSSR count). The van der Waals surface area contributed by atoms with Crippen molar-refractivity contribution in [3.63, 3.8) is 0 Å². The summed E-state index contributed by atoms with van der Waals surface area (Å²) < 4.78 is 5.15. The van der Waals surface area contributed by atoms with E-state index in [4.69, 9.17) is 15.0 Å². The van der Waals surface area contributed by atoms with Crippen LogP contribution in [0, 0.1) is 0 Å². The maximum absolute atomic E-state index is 5.67. The zero-order chi connectivity index (χ0) is 53.4.